The summed E-state index contributed by atoms with van der Waals surface area (Å²) in [5.74, 6) is 0. The van der Waals surface area contributed by atoms with Crippen molar-refractivity contribution in [3.63, 3.8) is 0 Å². The quantitative estimate of drug-likeness (QED) is 0.572. The monoisotopic (exact) mass is 157 g/mol. The first-order chi connectivity index (χ1) is 5.29. The van der Waals surface area contributed by atoms with E-state index >= 15 is 0 Å². The maximum absolute atomic E-state index is 9.41. The molecule has 0 radical (unpaired) electrons. The molecule has 1 rings (SSSR count). The smallest absolute Gasteiger partial charge is 0.0540 e. The predicted molar refractivity (Wildman–Crippen MR) is 46.6 cm³/mol. The third-order valence-corrected chi connectivity index (χ3v) is 2.40. The molecule has 2 nitrogen and oxygen atoms in total. The zero-order valence-electron chi connectivity index (χ0n) is 7.42. The second-order valence-electron chi connectivity index (χ2n) is 3.60. The molecule has 0 aliphatic carbocycles. The molecule has 0 spiro atoms. The molecular formula is C9H19NO. The molecule has 0 saturated carbocycles. The summed E-state index contributed by atoms with van der Waals surface area (Å²) in [6, 6.07) is 0. The van der Waals surface area contributed by atoms with Crippen molar-refractivity contribution < 1.29 is 5.11 Å². The van der Waals surface area contributed by atoms with Gasteiger partial charge in [-0.25, -0.2) is 0 Å². The summed E-state index contributed by atoms with van der Waals surface area (Å²) in [6.45, 7) is 2.35. The largest absolute Gasteiger partial charge is 0.393 e. The first kappa shape index (κ1) is 9.01. The lowest BCUT2D eigenvalue weighted by Crippen LogP contribution is -2.20. The van der Waals surface area contributed by atoms with Gasteiger partial charge in [0.1, 0.15) is 0 Å². The molecule has 0 aromatic heterocycles. The fraction of sp³-hybridized carbons (Fsp3) is 1.00. The average molecular weight is 157 g/mol. The summed E-state index contributed by atoms with van der Waals surface area (Å²) >= 11 is 0. The highest BCUT2D eigenvalue weighted by molar-refractivity contribution is 4.62. The van der Waals surface area contributed by atoms with Crippen molar-refractivity contribution in [2.24, 2.45) is 0 Å². The van der Waals surface area contributed by atoms with E-state index < -0.39 is 0 Å². The minimum absolute atomic E-state index is 0.0264. The van der Waals surface area contributed by atoms with Gasteiger partial charge in [0, 0.05) is 0 Å². The Morgan fingerprint density at radius 2 is 1.73 bits per heavy atom. The van der Waals surface area contributed by atoms with Gasteiger partial charge in [-0.05, 0) is 52.2 Å². The Hall–Kier alpha value is -0.0800. The van der Waals surface area contributed by atoms with E-state index in [2.05, 4.69) is 11.9 Å². The topological polar surface area (TPSA) is 23.5 Å². The maximum atomic E-state index is 9.41. The number of aliphatic hydroxyl groups excluding tert-OH is 1. The molecule has 1 N–H and O–H groups in total. The van der Waals surface area contributed by atoms with Gasteiger partial charge in [0.15, 0.2) is 0 Å². The molecule has 1 aliphatic rings. The van der Waals surface area contributed by atoms with Crippen LogP contribution in [0.5, 0.6) is 0 Å². The third-order valence-electron chi connectivity index (χ3n) is 2.40. The molecule has 0 aromatic rings. The summed E-state index contributed by atoms with van der Waals surface area (Å²) in [7, 11) is 2.16. The fourth-order valence-corrected chi connectivity index (χ4v) is 1.61. The van der Waals surface area contributed by atoms with E-state index in [1.807, 2.05) is 0 Å². The van der Waals surface area contributed by atoms with Gasteiger partial charge >= 0.3 is 0 Å². The number of aliphatic hydroxyl groups is 1. The molecule has 1 saturated heterocycles. The highest BCUT2D eigenvalue weighted by atomic mass is 16.3. The van der Waals surface area contributed by atoms with E-state index in [0.29, 0.717) is 0 Å². The molecule has 66 valence electrons. The zero-order chi connectivity index (χ0) is 8.10. The van der Waals surface area contributed by atoms with Crippen LogP contribution in [0.25, 0.3) is 0 Å². The molecule has 0 bridgehead atoms. The van der Waals surface area contributed by atoms with Gasteiger partial charge in [0.25, 0.3) is 0 Å². The van der Waals surface area contributed by atoms with Gasteiger partial charge in [-0.1, -0.05) is 0 Å². The lowest BCUT2D eigenvalue weighted by Gasteiger charge is -2.13. The van der Waals surface area contributed by atoms with Crippen LogP contribution in [0.2, 0.25) is 0 Å². The molecule has 1 fully saturated rings. The SMILES string of the molecule is CN1CCCCC(O)CCC1. The maximum Gasteiger partial charge on any atom is 0.0540 e. The van der Waals surface area contributed by atoms with E-state index in [0.717, 1.165) is 25.8 Å². The van der Waals surface area contributed by atoms with Crippen molar-refractivity contribution in [3.05, 3.63) is 0 Å². The van der Waals surface area contributed by atoms with Gasteiger partial charge < -0.3 is 10.0 Å². The lowest BCUT2D eigenvalue weighted by molar-refractivity contribution is 0.150. The van der Waals surface area contributed by atoms with E-state index in [-0.39, 0.29) is 6.10 Å². The molecular weight excluding hydrogens is 138 g/mol. The van der Waals surface area contributed by atoms with Crippen LogP contribution >= 0.6 is 0 Å². The molecule has 11 heavy (non-hydrogen) atoms. The molecule has 0 amide bonds. The normalized spacial score (nSPS) is 30.5. The van der Waals surface area contributed by atoms with Gasteiger partial charge in [-0.2, -0.15) is 0 Å². The van der Waals surface area contributed by atoms with Gasteiger partial charge in [0.2, 0.25) is 0 Å². The highest BCUT2D eigenvalue weighted by Gasteiger charge is 2.08. The Bertz CT molecular complexity index is 93.7. The van der Waals surface area contributed by atoms with Crippen molar-refractivity contribution in [1.29, 1.82) is 0 Å². The Morgan fingerprint density at radius 1 is 1.09 bits per heavy atom. The fourth-order valence-electron chi connectivity index (χ4n) is 1.61. The lowest BCUT2D eigenvalue weighted by atomic mass is 10.1. The summed E-state index contributed by atoms with van der Waals surface area (Å²) < 4.78 is 0. The molecule has 1 aliphatic heterocycles. The van der Waals surface area contributed by atoms with Crippen molar-refractivity contribution in [2.45, 2.75) is 38.2 Å². The summed E-state index contributed by atoms with van der Waals surface area (Å²) in [4.78, 5) is 2.36. The second kappa shape index (κ2) is 4.73. The summed E-state index contributed by atoms with van der Waals surface area (Å²) in [6.07, 6.45) is 5.55. The van der Waals surface area contributed by atoms with Crippen LogP contribution in [-0.2, 0) is 0 Å². The predicted octanol–water partition coefficient (Wildman–Crippen LogP) is 1.24. The van der Waals surface area contributed by atoms with Crippen LogP contribution in [0.3, 0.4) is 0 Å². The summed E-state index contributed by atoms with van der Waals surface area (Å²) in [5.41, 5.74) is 0. The van der Waals surface area contributed by atoms with Crippen LogP contribution in [0.1, 0.15) is 32.1 Å². The molecule has 1 unspecified atom stereocenters. The van der Waals surface area contributed by atoms with Crippen LogP contribution in [-0.4, -0.2) is 36.2 Å². The van der Waals surface area contributed by atoms with Crippen LogP contribution in [0.4, 0.5) is 0 Å². The van der Waals surface area contributed by atoms with Gasteiger partial charge in [0.05, 0.1) is 6.10 Å². The third kappa shape index (κ3) is 3.73. The minimum Gasteiger partial charge on any atom is -0.393 e. The Morgan fingerprint density at radius 3 is 2.55 bits per heavy atom. The van der Waals surface area contributed by atoms with Gasteiger partial charge in [-0.15, -0.1) is 0 Å². The van der Waals surface area contributed by atoms with Gasteiger partial charge in [-0.3, -0.25) is 0 Å². The van der Waals surface area contributed by atoms with Crippen molar-refractivity contribution in [3.8, 4) is 0 Å². The van der Waals surface area contributed by atoms with Crippen LogP contribution < -0.4 is 0 Å². The summed E-state index contributed by atoms with van der Waals surface area (Å²) in [5, 5.41) is 9.41. The molecule has 1 heterocycles. The second-order valence-corrected chi connectivity index (χ2v) is 3.60. The molecule has 1 atom stereocenters. The molecule has 2 heteroatoms. The minimum atomic E-state index is -0.0264. The molecule has 0 aromatic carbocycles. The Labute approximate surface area is 69.2 Å². The number of nitrogens with zero attached hydrogens (tertiary/aromatic N) is 1. The first-order valence-corrected chi connectivity index (χ1v) is 4.65. The van der Waals surface area contributed by atoms with E-state index in [9.17, 15) is 5.11 Å². The number of hydrogen-bond acceptors (Lipinski definition) is 2. The van der Waals surface area contributed by atoms with Crippen molar-refractivity contribution in [2.75, 3.05) is 20.1 Å². The Balaban J connectivity index is 2.24. The first-order valence-electron chi connectivity index (χ1n) is 4.65. The van der Waals surface area contributed by atoms with Crippen LogP contribution in [0, 0.1) is 0 Å². The van der Waals surface area contributed by atoms with Crippen LogP contribution in [0.15, 0.2) is 0 Å². The van der Waals surface area contributed by atoms with Crippen molar-refractivity contribution in [1.82, 2.24) is 4.90 Å². The van der Waals surface area contributed by atoms with E-state index in [1.54, 1.807) is 0 Å². The average Bonchev–Trinajstić information content (AvgIpc) is 2.04. The standard InChI is InChI=1S/C9H19NO/c1-10-7-3-2-5-9(11)6-4-8-10/h9,11H,2-8H2,1H3. The van der Waals surface area contributed by atoms with E-state index in [1.165, 1.54) is 19.4 Å². The zero-order valence-corrected chi connectivity index (χ0v) is 7.42. The van der Waals surface area contributed by atoms with Crippen molar-refractivity contribution >= 4 is 0 Å². The number of hydrogen-bond donors (Lipinski definition) is 1. The highest BCUT2D eigenvalue weighted by Crippen LogP contribution is 2.10. The van der Waals surface area contributed by atoms with E-state index in [4.69, 9.17) is 0 Å². The number of rotatable bonds is 0. The Kier molecular flexibility index (Phi) is 3.87.